The summed E-state index contributed by atoms with van der Waals surface area (Å²) in [6.45, 7) is 0. The van der Waals surface area contributed by atoms with E-state index in [1.807, 2.05) is 0 Å². The molecule has 0 aromatic heterocycles. The summed E-state index contributed by atoms with van der Waals surface area (Å²) in [7, 11) is 0. The maximum absolute atomic E-state index is 11.3. The zero-order valence-electron chi connectivity index (χ0n) is 8.32. The molecule has 0 aliphatic heterocycles. The normalized spacial score (nSPS) is 10.9. The lowest BCUT2D eigenvalue weighted by Crippen LogP contribution is -2.13. The number of rotatable bonds is 4. The van der Waals surface area contributed by atoms with Crippen molar-refractivity contribution < 1.29 is 24.7 Å². The first kappa shape index (κ1) is 12.4. The molecule has 7 heteroatoms. The van der Waals surface area contributed by atoms with Crippen LogP contribution in [0.2, 0.25) is 0 Å². The minimum atomic E-state index is -1.74. The van der Waals surface area contributed by atoms with Crippen molar-refractivity contribution in [1.82, 2.24) is 0 Å². The van der Waals surface area contributed by atoms with Crippen molar-refractivity contribution in [3.05, 3.63) is 46.0 Å². The van der Waals surface area contributed by atoms with E-state index in [0.29, 0.717) is 6.08 Å². The lowest BCUT2D eigenvalue weighted by molar-refractivity contribution is -0.384. The summed E-state index contributed by atoms with van der Waals surface area (Å²) in [4.78, 5) is 30.6. The van der Waals surface area contributed by atoms with Crippen LogP contribution in [0.15, 0.2) is 30.3 Å². The summed E-state index contributed by atoms with van der Waals surface area (Å²) in [5.41, 5.74) is -0.198. The predicted molar refractivity (Wildman–Crippen MR) is 53.7 cm³/mol. The number of hydrogen-bond donors (Lipinski definition) is 1. The molecule has 0 saturated carbocycles. The van der Waals surface area contributed by atoms with E-state index >= 15 is 0 Å². The van der Waals surface area contributed by atoms with Crippen LogP contribution < -0.4 is 5.11 Å². The first-order chi connectivity index (χ1) is 7.91. The molecule has 17 heavy (non-hydrogen) atoms. The van der Waals surface area contributed by atoms with Gasteiger partial charge in [0, 0.05) is 12.1 Å². The van der Waals surface area contributed by atoms with Gasteiger partial charge in [-0.3, -0.25) is 14.9 Å². The van der Waals surface area contributed by atoms with Crippen molar-refractivity contribution >= 4 is 23.2 Å². The van der Waals surface area contributed by atoms with Gasteiger partial charge < -0.3 is 10.2 Å². The summed E-state index contributed by atoms with van der Waals surface area (Å²) in [5.74, 6) is -3.89. The number of nitro benzene ring substituents is 1. The fourth-order valence-corrected chi connectivity index (χ4v) is 1.01. The van der Waals surface area contributed by atoms with Crippen LogP contribution in [0.1, 0.15) is 5.56 Å². The number of non-ortho nitro benzene ring substituents is 1. The molecule has 0 unspecified atom stereocenters. The first-order valence-corrected chi connectivity index (χ1v) is 4.32. The third kappa shape index (κ3) is 3.13. The molecule has 1 aromatic rings. The minimum absolute atomic E-state index is 0.00481. The number of carboxylic acids is 1. The van der Waals surface area contributed by atoms with Gasteiger partial charge in [-0.15, -0.1) is 0 Å². The number of nitro groups is 1. The second kappa shape index (κ2) is 4.88. The lowest BCUT2D eigenvalue weighted by atomic mass is 10.1. The van der Waals surface area contributed by atoms with Gasteiger partial charge in [-0.1, -0.05) is 5.76 Å². The van der Waals surface area contributed by atoms with Gasteiger partial charge in [-0.25, -0.2) is 4.79 Å². The van der Waals surface area contributed by atoms with Gasteiger partial charge in [0.1, 0.15) is 0 Å². The van der Waals surface area contributed by atoms with Crippen molar-refractivity contribution in [1.29, 1.82) is 0 Å². The van der Waals surface area contributed by atoms with Crippen molar-refractivity contribution in [2.75, 3.05) is 0 Å². The van der Waals surface area contributed by atoms with Gasteiger partial charge in [0.25, 0.3) is 11.5 Å². The van der Waals surface area contributed by atoms with E-state index in [1.54, 1.807) is 0 Å². The Morgan fingerprint density at radius 1 is 1.24 bits per heavy atom. The fourth-order valence-electron chi connectivity index (χ4n) is 1.01. The highest BCUT2D eigenvalue weighted by molar-refractivity contribution is 6.38. The quantitative estimate of drug-likeness (QED) is 0.257. The van der Waals surface area contributed by atoms with Gasteiger partial charge in [-0.2, -0.15) is 0 Å². The summed E-state index contributed by atoms with van der Waals surface area (Å²) < 4.78 is 0. The van der Waals surface area contributed by atoms with Crippen LogP contribution in [-0.4, -0.2) is 21.8 Å². The number of carbonyl (C=O) groups is 2. The summed E-state index contributed by atoms with van der Waals surface area (Å²) in [6.07, 6.45) is 0.420. The zero-order valence-corrected chi connectivity index (χ0v) is 8.32. The molecule has 0 amide bonds. The molecular weight excluding hydrogens is 230 g/mol. The maximum Gasteiger partial charge on any atom is 0.376 e. The van der Waals surface area contributed by atoms with Crippen LogP contribution in [0.4, 0.5) is 5.69 Å². The molecule has 0 aliphatic carbocycles. The molecule has 0 radical (unpaired) electrons. The van der Waals surface area contributed by atoms with Crippen LogP contribution in [0.25, 0.3) is 5.76 Å². The number of aliphatic carboxylic acids is 1. The van der Waals surface area contributed by atoms with E-state index in [-0.39, 0.29) is 11.3 Å². The van der Waals surface area contributed by atoms with Gasteiger partial charge in [0.15, 0.2) is 0 Å². The Kier molecular flexibility index (Phi) is 3.55. The minimum Gasteiger partial charge on any atom is -0.872 e. The van der Waals surface area contributed by atoms with Gasteiger partial charge in [0.2, 0.25) is 0 Å². The molecular formula is C10H6NO6-. The monoisotopic (exact) mass is 236 g/mol. The number of nitrogens with zero attached hydrogens (tertiary/aromatic N) is 1. The molecule has 0 fully saturated rings. The maximum atomic E-state index is 11.3. The van der Waals surface area contributed by atoms with E-state index in [0.717, 1.165) is 24.3 Å². The smallest absolute Gasteiger partial charge is 0.376 e. The van der Waals surface area contributed by atoms with E-state index < -0.39 is 22.4 Å². The number of hydrogen-bond acceptors (Lipinski definition) is 5. The molecule has 0 spiro atoms. The van der Waals surface area contributed by atoms with Gasteiger partial charge in [0.05, 0.1) is 4.92 Å². The predicted octanol–water partition coefficient (Wildman–Crippen LogP) is -0.0503. The van der Waals surface area contributed by atoms with Crippen molar-refractivity contribution in [3.63, 3.8) is 0 Å². The molecule has 0 atom stereocenters. The Bertz CT molecular complexity index is 502. The SMILES string of the molecule is O=C(O)C(=O)C=C([O-])c1ccc([N+](=O)[O-])cc1. The summed E-state index contributed by atoms with van der Waals surface area (Å²) in [5, 5.41) is 29.9. The Morgan fingerprint density at radius 3 is 2.18 bits per heavy atom. The largest absolute Gasteiger partial charge is 0.872 e. The summed E-state index contributed by atoms with van der Waals surface area (Å²) in [6, 6.07) is 4.47. The molecule has 1 aromatic carbocycles. The van der Waals surface area contributed by atoms with Crippen molar-refractivity contribution in [2.45, 2.75) is 0 Å². The van der Waals surface area contributed by atoms with E-state index in [2.05, 4.69) is 0 Å². The average Bonchev–Trinajstić information content (AvgIpc) is 2.28. The van der Waals surface area contributed by atoms with Crippen LogP contribution in [-0.2, 0) is 9.59 Å². The van der Waals surface area contributed by atoms with Crippen LogP contribution >= 0.6 is 0 Å². The second-order valence-electron chi connectivity index (χ2n) is 2.98. The first-order valence-electron chi connectivity index (χ1n) is 4.32. The third-order valence-electron chi connectivity index (χ3n) is 1.84. The molecule has 0 aliphatic rings. The Morgan fingerprint density at radius 2 is 1.76 bits per heavy atom. The van der Waals surface area contributed by atoms with Crippen LogP contribution in [0, 0.1) is 10.1 Å². The molecule has 0 saturated heterocycles. The van der Waals surface area contributed by atoms with Crippen LogP contribution in [0.3, 0.4) is 0 Å². The third-order valence-corrected chi connectivity index (χ3v) is 1.84. The summed E-state index contributed by atoms with van der Waals surface area (Å²) >= 11 is 0. The number of benzene rings is 1. The molecule has 1 rings (SSSR count). The molecule has 88 valence electrons. The lowest BCUT2D eigenvalue weighted by Gasteiger charge is -2.10. The Hall–Kier alpha value is -2.70. The number of carboxylic acid groups (broad SMARTS) is 1. The number of carbonyl (C=O) groups excluding carboxylic acids is 1. The topological polar surface area (TPSA) is 121 Å². The standard InChI is InChI=1S/C10H7NO6/c12-8(5-9(13)10(14)15)6-1-3-7(4-2-6)11(16)17/h1-5,12H,(H,14,15)/p-1. The van der Waals surface area contributed by atoms with Crippen molar-refractivity contribution in [3.8, 4) is 0 Å². The highest BCUT2D eigenvalue weighted by Crippen LogP contribution is 2.15. The zero-order chi connectivity index (χ0) is 13.0. The molecule has 0 heterocycles. The Labute approximate surface area is 94.8 Å². The number of ketones is 1. The molecule has 0 bridgehead atoms. The van der Waals surface area contributed by atoms with Crippen molar-refractivity contribution in [2.24, 2.45) is 0 Å². The Balaban J connectivity index is 2.97. The van der Waals surface area contributed by atoms with Gasteiger partial charge in [-0.05, 0) is 23.8 Å². The molecule has 7 nitrogen and oxygen atoms in total. The van der Waals surface area contributed by atoms with Crippen LogP contribution in [0.5, 0.6) is 0 Å². The second-order valence-corrected chi connectivity index (χ2v) is 2.98. The van der Waals surface area contributed by atoms with E-state index in [9.17, 15) is 24.8 Å². The highest BCUT2D eigenvalue weighted by atomic mass is 16.6. The van der Waals surface area contributed by atoms with E-state index in [1.165, 1.54) is 0 Å². The average molecular weight is 236 g/mol. The fraction of sp³-hybridized carbons (Fsp3) is 0. The van der Waals surface area contributed by atoms with E-state index in [4.69, 9.17) is 5.11 Å². The van der Waals surface area contributed by atoms with Gasteiger partial charge >= 0.3 is 5.97 Å². The highest BCUT2D eigenvalue weighted by Gasteiger charge is 2.08. The molecule has 1 N–H and O–H groups in total.